The van der Waals surface area contributed by atoms with Crippen LogP contribution in [-0.4, -0.2) is 41.7 Å². The molecule has 0 fully saturated rings. The van der Waals surface area contributed by atoms with Gasteiger partial charge in [-0.15, -0.1) is 0 Å². The van der Waals surface area contributed by atoms with Gasteiger partial charge in [0.15, 0.2) is 0 Å². The summed E-state index contributed by atoms with van der Waals surface area (Å²) in [5, 5.41) is 1.87. The quantitative estimate of drug-likeness (QED) is 0.857. The third kappa shape index (κ3) is 2.79. The van der Waals surface area contributed by atoms with Crippen LogP contribution < -0.4 is 10.3 Å². The lowest BCUT2D eigenvalue weighted by atomic mass is 9.91. The molecule has 0 bridgehead atoms. The maximum Gasteiger partial charge on any atom is 0.278 e. The van der Waals surface area contributed by atoms with Gasteiger partial charge in [0.1, 0.15) is 5.56 Å². The van der Waals surface area contributed by atoms with E-state index in [1.54, 1.807) is 18.9 Å². The predicted molar refractivity (Wildman–Crippen MR) is 98.2 cm³/mol. The summed E-state index contributed by atoms with van der Waals surface area (Å²) in [5.41, 5.74) is 6.40. The minimum Gasteiger partial charge on any atom is -0.481 e. The van der Waals surface area contributed by atoms with Gasteiger partial charge >= 0.3 is 0 Å². The van der Waals surface area contributed by atoms with Crippen LogP contribution in [0.3, 0.4) is 0 Å². The van der Waals surface area contributed by atoms with Gasteiger partial charge in [-0.1, -0.05) is 6.07 Å². The van der Waals surface area contributed by atoms with Crippen LogP contribution in [0.1, 0.15) is 22.3 Å². The Labute approximate surface area is 148 Å². The minimum absolute atomic E-state index is 0.00394. The van der Waals surface area contributed by atoms with Crippen LogP contribution in [0.5, 0.6) is 5.88 Å². The second-order valence-corrected chi connectivity index (χ2v) is 6.68. The summed E-state index contributed by atoms with van der Waals surface area (Å²) in [5.74, 6) is 0.636. The van der Waals surface area contributed by atoms with E-state index in [4.69, 9.17) is 9.57 Å². The van der Waals surface area contributed by atoms with Crippen LogP contribution in [0, 0.1) is 27.7 Å². The van der Waals surface area contributed by atoms with E-state index in [0.717, 1.165) is 16.7 Å². The maximum atomic E-state index is 13.2. The average molecular weight is 345 g/mol. The first-order valence-corrected chi connectivity index (χ1v) is 8.65. The highest BCUT2D eigenvalue weighted by Crippen LogP contribution is 2.35. The smallest absolute Gasteiger partial charge is 0.278 e. The zero-order chi connectivity index (χ0) is 18.3. The fourth-order valence-corrected chi connectivity index (χ4v) is 3.81. The minimum atomic E-state index is 0.00394. The molecule has 0 atom stereocenters. The summed E-state index contributed by atoms with van der Waals surface area (Å²) < 4.78 is 9.43. The first-order chi connectivity index (χ1) is 11.9. The molecular formula is C19H27N3O3. The van der Waals surface area contributed by atoms with Gasteiger partial charge in [0.05, 0.1) is 27.3 Å². The van der Waals surface area contributed by atoms with Gasteiger partial charge in [0, 0.05) is 13.1 Å². The molecule has 0 aliphatic carbocycles. The molecule has 25 heavy (non-hydrogen) atoms. The Kier molecular flexibility index (Phi) is 4.75. The Morgan fingerprint density at radius 2 is 1.48 bits per heavy atom. The third-order valence-electron chi connectivity index (χ3n) is 5.37. The normalized spacial score (nSPS) is 15.1. The van der Waals surface area contributed by atoms with E-state index in [1.165, 1.54) is 11.1 Å². The monoisotopic (exact) mass is 345 g/mol. The predicted octanol–water partition coefficient (Wildman–Crippen LogP) is 2.44. The highest BCUT2D eigenvalue weighted by molar-refractivity contribution is 5.76. The first-order valence-electron chi connectivity index (χ1n) is 8.65. The lowest BCUT2D eigenvalue weighted by molar-refractivity contribution is -0.130. The Bertz CT molecular complexity index is 864. The third-order valence-corrected chi connectivity index (χ3v) is 5.37. The molecule has 0 unspecified atom stereocenters. The molecular weight excluding hydrogens is 318 g/mol. The molecule has 0 saturated carbocycles. The van der Waals surface area contributed by atoms with Crippen molar-refractivity contribution in [2.45, 2.75) is 40.8 Å². The van der Waals surface area contributed by atoms with Crippen LogP contribution >= 0.6 is 0 Å². The topological polar surface area (TPSA) is 48.6 Å². The van der Waals surface area contributed by atoms with Crippen LogP contribution in [0.15, 0.2) is 10.9 Å². The van der Waals surface area contributed by atoms with Crippen molar-refractivity contribution in [2.75, 3.05) is 27.3 Å². The molecule has 3 rings (SSSR count). The Morgan fingerprint density at radius 3 is 2.08 bits per heavy atom. The summed E-state index contributed by atoms with van der Waals surface area (Å²) in [6, 6.07) is 2.15. The lowest BCUT2D eigenvalue weighted by Gasteiger charge is -2.17. The molecule has 1 aliphatic heterocycles. The van der Waals surface area contributed by atoms with E-state index >= 15 is 0 Å². The summed E-state index contributed by atoms with van der Waals surface area (Å²) in [6.07, 6.45) is 0. The number of nitrogens with zero attached hydrogens (tertiary/aromatic N) is 3. The van der Waals surface area contributed by atoms with Gasteiger partial charge in [0.25, 0.3) is 5.56 Å². The molecule has 0 radical (unpaired) electrons. The van der Waals surface area contributed by atoms with Crippen LogP contribution in [0.25, 0.3) is 11.1 Å². The van der Waals surface area contributed by atoms with Gasteiger partial charge in [-0.2, -0.15) is 5.06 Å². The van der Waals surface area contributed by atoms with Crippen LogP contribution in [0.4, 0.5) is 0 Å². The van der Waals surface area contributed by atoms with Gasteiger partial charge < -0.3 is 9.57 Å². The number of benzene rings is 1. The van der Waals surface area contributed by atoms with Crippen molar-refractivity contribution in [1.82, 2.24) is 14.4 Å². The molecule has 1 aliphatic rings. The van der Waals surface area contributed by atoms with Crippen LogP contribution in [-0.2, 0) is 17.9 Å². The maximum absolute atomic E-state index is 13.2. The second kappa shape index (κ2) is 6.69. The van der Waals surface area contributed by atoms with E-state index in [2.05, 4.69) is 33.8 Å². The van der Waals surface area contributed by atoms with E-state index in [9.17, 15) is 4.79 Å². The number of methoxy groups -OCH3 is 1. The fraction of sp³-hybridized carbons (Fsp3) is 0.526. The van der Waals surface area contributed by atoms with Crippen molar-refractivity contribution in [3.05, 3.63) is 38.7 Å². The Balaban J connectivity index is 2.24. The van der Waals surface area contributed by atoms with Gasteiger partial charge in [0.2, 0.25) is 5.88 Å². The molecule has 2 aromatic rings. The molecule has 1 aromatic carbocycles. The molecule has 6 heteroatoms. The molecule has 0 N–H and O–H groups in total. The van der Waals surface area contributed by atoms with Crippen molar-refractivity contribution in [2.24, 2.45) is 0 Å². The van der Waals surface area contributed by atoms with E-state index < -0.39 is 0 Å². The van der Waals surface area contributed by atoms with Gasteiger partial charge in [-0.3, -0.25) is 4.79 Å². The molecule has 6 nitrogen and oxygen atoms in total. The van der Waals surface area contributed by atoms with Gasteiger partial charge in [-0.25, -0.2) is 9.36 Å². The zero-order valence-electron chi connectivity index (χ0n) is 16.0. The number of ether oxygens (including phenoxy) is 1. The largest absolute Gasteiger partial charge is 0.481 e. The molecule has 136 valence electrons. The highest BCUT2D eigenvalue weighted by atomic mass is 16.7. The van der Waals surface area contributed by atoms with Crippen molar-refractivity contribution in [1.29, 1.82) is 0 Å². The number of fused-ring (bicyclic) bond motifs is 1. The van der Waals surface area contributed by atoms with Crippen LogP contribution in [0.2, 0.25) is 0 Å². The Hall–Kier alpha value is -2.05. The molecule has 1 aromatic heterocycles. The number of hydroxylamine groups is 2. The number of aromatic nitrogens is 2. The van der Waals surface area contributed by atoms with Crippen molar-refractivity contribution >= 4 is 0 Å². The Morgan fingerprint density at radius 1 is 0.840 bits per heavy atom. The van der Waals surface area contributed by atoms with Crippen molar-refractivity contribution in [3.8, 4) is 17.0 Å². The molecule has 0 spiro atoms. The molecule has 2 heterocycles. The van der Waals surface area contributed by atoms with Gasteiger partial charge in [-0.05, 0) is 55.5 Å². The van der Waals surface area contributed by atoms with E-state index in [1.807, 2.05) is 9.75 Å². The zero-order valence-corrected chi connectivity index (χ0v) is 16.0. The number of hydrogen-bond donors (Lipinski definition) is 0. The summed E-state index contributed by atoms with van der Waals surface area (Å²) in [6.45, 7) is 11.0. The van der Waals surface area contributed by atoms with E-state index in [0.29, 0.717) is 37.6 Å². The van der Waals surface area contributed by atoms with Crippen molar-refractivity contribution in [3.63, 3.8) is 0 Å². The highest BCUT2D eigenvalue weighted by Gasteiger charge is 2.27. The standard InChI is InChI=1S/C19H27N3O3/c1-12-11-13(2)16(15(4)14(12)3)17-18(23)21-9-7-20(25-6)8-10-22(21)19(17)24-5/h11H,7-10H2,1-6H3. The first kappa shape index (κ1) is 17.8. The van der Waals surface area contributed by atoms with E-state index in [-0.39, 0.29) is 5.56 Å². The number of aryl methyl sites for hydroxylation is 2. The SMILES string of the molecule is COc1c(-c2c(C)cc(C)c(C)c2C)c(=O)n2n1CCN(OC)CC2. The second-order valence-electron chi connectivity index (χ2n) is 6.68. The lowest BCUT2D eigenvalue weighted by Crippen LogP contribution is -2.27. The molecule has 0 amide bonds. The molecule has 0 saturated heterocycles. The average Bonchev–Trinajstić information content (AvgIpc) is 2.74. The summed E-state index contributed by atoms with van der Waals surface area (Å²) in [7, 11) is 3.30. The van der Waals surface area contributed by atoms with Crippen molar-refractivity contribution < 1.29 is 9.57 Å². The number of hydrogen-bond acceptors (Lipinski definition) is 4. The fourth-order valence-electron chi connectivity index (χ4n) is 3.81. The number of rotatable bonds is 3. The summed E-state index contributed by atoms with van der Waals surface area (Å²) in [4.78, 5) is 18.6. The summed E-state index contributed by atoms with van der Waals surface area (Å²) >= 11 is 0.